The second kappa shape index (κ2) is 8.80. The van der Waals surface area contributed by atoms with Crippen molar-refractivity contribution in [2.75, 3.05) is 19.5 Å². The maximum atomic E-state index is 12.1. The Hall–Kier alpha value is -2.99. The third-order valence-electron chi connectivity index (χ3n) is 4.39. The van der Waals surface area contributed by atoms with E-state index in [1.807, 2.05) is 54.0 Å². The predicted octanol–water partition coefficient (Wildman–Crippen LogP) is 4.27. The van der Waals surface area contributed by atoms with Crippen molar-refractivity contribution >= 4 is 23.2 Å². The Morgan fingerprint density at radius 3 is 2.43 bits per heavy atom. The number of halogens is 1. The number of hydrogen-bond donors (Lipinski definition) is 1. The average molecular weight is 400 g/mol. The van der Waals surface area contributed by atoms with Gasteiger partial charge in [-0.1, -0.05) is 48.9 Å². The van der Waals surface area contributed by atoms with Crippen LogP contribution >= 0.6 is 11.6 Å². The molecule has 3 aromatic rings. The third kappa shape index (κ3) is 4.28. The van der Waals surface area contributed by atoms with Crippen LogP contribution in [-0.2, 0) is 13.0 Å². The molecule has 1 heterocycles. The molecule has 0 aliphatic heterocycles. The fourth-order valence-corrected chi connectivity index (χ4v) is 3.08. The van der Waals surface area contributed by atoms with Gasteiger partial charge in [-0.05, 0) is 23.6 Å². The topological polar surface area (TPSA) is 65.4 Å². The van der Waals surface area contributed by atoms with Crippen LogP contribution in [-0.4, -0.2) is 23.8 Å². The molecule has 28 heavy (non-hydrogen) atoms. The van der Waals surface area contributed by atoms with Gasteiger partial charge in [-0.25, -0.2) is 0 Å². The highest BCUT2D eigenvalue weighted by Gasteiger charge is 2.14. The van der Waals surface area contributed by atoms with E-state index >= 15 is 0 Å². The molecule has 1 aromatic heterocycles. The molecule has 0 fully saturated rings. The number of rotatable bonds is 7. The van der Waals surface area contributed by atoms with E-state index in [0.29, 0.717) is 24.0 Å². The number of benzene rings is 2. The summed E-state index contributed by atoms with van der Waals surface area (Å²) in [6.45, 7) is 2.56. The van der Waals surface area contributed by atoms with Crippen molar-refractivity contribution in [2.45, 2.75) is 19.9 Å². The molecule has 0 amide bonds. The summed E-state index contributed by atoms with van der Waals surface area (Å²) in [5, 5.41) is 3.34. The van der Waals surface area contributed by atoms with E-state index in [1.54, 1.807) is 20.4 Å². The monoisotopic (exact) mass is 399 g/mol. The van der Waals surface area contributed by atoms with Crippen LogP contribution in [0.3, 0.4) is 0 Å². The number of hydrogen-bond acceptors (Lipinski definition) is 5. The van der Waals surface area contributed by atoms with Crippen molar-refractivity contribution in [3.05, 3.63) is 75.2 Å². The molecule has 0 saturated carbocycles. The Bertz CT molecular complexity index is 1020. The minimum absolute atomic E-state index is 0.0736. The van der Waals surface area contributed by atoms with Crippen molar-refractivity contribution in [3.63, 3.8) is 0 Å². The number of nitrogens with zero attached hydrogens (tertiary/aromatic N) is 2. The highest BCUT2D eigenvalue weighted by molar-refractivity contribution is 6.30. The summed E-state index contributed by atoms with van der Waals surface area (Å²) < 4.78 is 12.6. The van der Waals surface area contributed by atoms with Gasteiger partial charge in [0, 0.05) is 18.0 Å². The van der Waals surface area contributed by atoms with Gasteiger partial charge in [0.25, 0.3) is 5.56 Å². The summed E-state index contributed by atoms with van der Waals surface area (Å²) in [7, 11) is 3.18. The van der Waals surface area contributed by atoms with Gasteiger partial charge >= 0.3 is 0 Å². The highest BCUT2D eigenvalue weighted by atomic mass is 35.5. The van der Waals surface area contributed by atoms with Gasteiger partial charge in [0.1, 0.15) is 5.02 Å². The average Bonchev–Trinajstić information content (AvgIpc) is 2.72. The van der Waals surface area contributed by atoms with E-state index in [2.05, 4.69) is 10.3 Å². The molecule has 0 aliphatic rings. The smallest absolute Gasteiger partial charge is 0.293 e. The summed E-state index contributed by atoms with van der Waals surface area (Å²) >= 11 is 6.04. The van der Waals surface area contributed by atoms with Gasteiger partial charge in [0.2, 0.25) is 5.95 Å². The fourth-order valence-electron chi connectivity index (χ4n) is 2.92. The van der Waals surface area contributed by atoms with E-state index in [9.17, 15) is 4.79 Å². The zero-order valence-corrected chi connectivity index (χ0v) is 16.8. The SMILES string of the molecule is CCc1cc(OC)c(OC)cc1Nc1nc(=O)c(Cl)cn1Cc1ccccc1. The summed E-state index contributed by atoms with van der Waals surface area (Å²) in [5.41, 5.74) is 2.38. The standard InChI is InChI=1S/C21H22ClN3O3/c1-4-15-10-18(27-2)19(28-3)11-17(15)23-21-24-20(26)16(22)13-25(21)12-14-8-6-5-7-9-14/h5-11,13H,4,12H2,1-3H3,(H,23,24,26). The molecule has 0 radical (unpaired) electrons. The normalized spacial score (nSPS) is 10.6. The van der Waals surface area contributed by atoms with Gasteiger partial charge in [0.15, 0.2) is 11.5 Å². The van der Waals surface area contributed by atoms with E-state index in [1.165, 1.54) is 0 Å². The van der Waals surface area contributed by atoms with Crippen LogP contribution in [0.2, 0.25) is 5.02 Å². The van der Waals surface area contributed by atoms with Crippen molar-refractivity contribution in [1.82, 2.24) is 9.55 Å². The zero-order chi connectivity index (χ0) is 20.1. The molecule has 0 spiro atoms. The minimum atomic E-state index is -0.480. The van der Waals surface area contributed by atoms with E-state index in [-0.39, 0.29) is 5.02 Å². The second-order valence-corrected chi connectivity index (χ2v) is 6.58. The van der Waals surface area contributed by atoms with Crippen LogP contribution in [0, 0.1) is 0 Å². The largest absolute Gasteiger partial charge is 0.493 e. The number of aromatic nitrogens is 2. The summed E-state index contributed by atoms with van der Waals surface area (Å²) in [4.78, 5) is 16.2. The number of anilines is 2. The molecule has 0 bridgehead atoms. The molecule has 3 rings (SSSR count). The summed E-state index contributed by atoms with van der Waals surface area (Å²) in [5.74, 6) is 1.64. The minimum Gasteiger partial charge on any atom is -0.493 e. The number of methoxy groups -OCH3 is 2. The van der Waals surface area contributed by atoms with Crippen LogP contribution < -0.4 is 20.3 Å². The lowest BCUT2D eigenvalue weighted by molar-refractivity contribution is 0.355. The molecule has 6 nitrogen and oxygen atoms in total. The molecule has 0 atom stereocenters. The zero-order valence-electron chi connectivity index (χ0n) is 16.0. The van der Waals surface area contributed by atoms with E-state index in [4.69, 9.17) is 21.1 Å². The molecule has 0 aliphatic carbocycles. The molecule has 0 saturated heterocycles. The molecular weight excluding hydrogens is 378 g/mol. The van der Waals surface area contributed by atoms with Gasteiger partial charge in [-0.15, -0.1) is 0 Å². The fraction of sp³-hybridized carbons (Fsp3) is 0.238. The first kappa shape index (κ1) is 19.8. The molecule has 146 valence electrons. The van der Waals surface area contributed by atoms with Crippen LogP contribution in [0.5, 0.6) is 11.5 Å². The lowest BCUT2D eigenvalue weighted by Crippen LogP contribution is -2.18. The highest BCUT2D eigenvalue weighted by Crippen LogP contribution is 2.34. The first-order valence-corrected chi connectivity index (χ1v) is 9.26. The van der Waals surface area contributed by atoms with Gasteiger partial charge in [-0.3, -0.25) is 4.79 Å². The van der Waals surface area contributed by atoms with Crippen LogP contribution in [0.4, 0.5) is 11.6 Å². The second-order valence-electron chi connectivity index (χ2n) is 6.17. The maximum absolute atomic E-state index is 12.1. The third-order valence-corrected chi connectivity index (χ3v) is 4.64. The first-order valence-electron chi connectivity index (χ1n) is 8.88. The Morgan fingerprint density at radius 1 is 1.11 bits per heavy atom. The number of nitrogens with one attached hydrogen (secondary N) is 1. The summed E-state index contributed by atoms with van der Waals surface area (Å²) in [6, 6.07) is 13.6. The van der Waals surface area contributed by atoms with Crippen molar-refractivity contribution in [2.24, 2.45) is 0 Å². The predicted molar refractivity (Wildman–Crippen MR) is 111 cm³/mol. The Morgan fingerprint density at radius 2 is 1.79 bits per heavy atom. The molecular formula is C21H22ClN3O3. The number of ether oxygens (including phenoxy) is 2. The van der Waals surface area contributed by atoms with E-state index in [0.717, 1.165) is 23.2 Å². The molecule has 1 N–H and O–H groups in total. The lowest BCUT2D eigenvalue weighted by atomic mass is 10.1. The molecule has 2 aromatic carbocycles. The summed E-state index contributed by atoms with van der Waals surface area (Å²) in [6.07, 6.45) is 2.36. The van der Waals surface area contributed by atoms with E-state index < -0.39 is 5.56 Å². The Labute approximate surface area is 168 Å². The molecule has 0 unspecified atom stereocenters. The quantitative estimate of drug-likeness (QED) is 0.642. The van der Waals surface area contributed by atoms with Gasteiger partial charge in [-0.2, -0.15) is 4.98 Å². The Balaban J connectivity index is 2.04. The van der Waals surface area contributed by atoms with Gasteiger partial charge < -0.3 is 19.4 Å². The number of aryl methyl sites for hydroxylation is 1. The van der Waals surface area contributed by atoms with Crippen molar-refractivity contribution in [1.29, 1.82) is 0 Å². The molecule has 7 heteroatoms. The van der Waals surface area contributed by atoms with Crippen LogP contribution in [0.25, 0.3) is 0 Å². The Kier molecular flexibility index (Phi) is 6.21. The maximum Gasteiger partial charge on any atom is 0.293 e. The van der Waals surface area contributed by atoms with Crippen LogP contribution in [0.15, 0.2) is 53.5 Å². The lowest BCUT2D eigenvalue weighted by Gasteiger charge is -2.18. The van der Waals surface area contributed by atoms with Crippen molar-refractivity contribution in [3.8, 4) is 11.5 Å². The van der Waals surface area contributed by atoms with Crippen LogP contribution in [0.1, 0.15) is 18.1 Å². The first-order chi connectivity index (χ1) is 13.5. The van der Waals surface area contributed by atoms with Crippen molar-refractivity contribution < 1.29 is 9.47 Å². The van der Waals surface area contributed by atoms with Gasteiger partial charge in [0.05, 0.1) is 20.8 Å².